The molecule has 0 atom stereocenters. The van der Waals surface area contributed by atoms with Gasteiger partial charge in [0.05, 0.1) is 11.0 Å². The average Bonchev–Trinajstić information content (AvgIpc) is 3.36. The third-order valence-corrected chi connectivity index (χ3v) is 4.01. The van der Waals surface area contributed by atoms with E-state index in [9.17, 15) is 4.79 Å². The van der Waals surface area contributed by atoms with Gasteiger partial charge in [-0.3, -0.25) is 10.0 Å². The van der Waals surface area contributed by atoms with Gasteiger partial charge in [0.1, 0.15) is 0 Å². The molecule has 1 aliphatic rings. The fraction of sp³-hybridized carbons (Fsp3) is 0.176. The van der Waals surface area contributed by atoms with Gasteiger partial charge in [0.2, 0.25) is 5.95 Å². The Morgan fingerprint density at radius 3 is 2.57 bits per heavy atom. The van der Waals surface area contributed by atoms with Crippen molar-refractivity contribution in [3.8, 4) is 0 Å². The number of hydrogen-bond acceptors (Lipinski definition) is 4. The van der Waals surface area contributed by atoms with Gasteiger partial charge in [-0.2, -0.15) is 0 Å². The first-order chi connectivity index (χ1) is 11.3. The van der Waals surface area contributed by atoms with Gasteiger partial charge in [0.25, 0.3) is 5.91 Å². The summed E-state index contributed by atoms with van der Waals surface area (Å²) in [7, 11) is 0. The van der Waals surface area contributed by atoms with Crippen LogP contribution in [-0.4, -0.2) is 20.7 Å². The molecule has 0 saturated heterocycles. The van der Waals surface area contributed by atoms with Crippen molar-refractivity contribution in [3.05, 3.63) is 54.1 Å². The van der Waals surface area contributed by atoms with E-state index in [0.717, 1.165) is 22.7 Å². The summed E-state index contributed by atoms with van der Waals surface area (Å²) < 4.78 is 2.24. The smallest absolute Gasteiger partial charge is 0.274 e. The van der Waals surface area contributed by atoms with E-state index in [4.69, 9.17) is 5.21 Å². The highest BCUT2D eigenvalue weighted by Crippen LogP contribution is 2.40. The van der Waals surface area contributed by atoms with Crippen LogP contribution in [0.2, 0.25) is 0 Å². The summed E-state index contributed by atoms with van der Waals surface area (Å²) in [5, 5.41) is 12.0. The molecule has 1 saturated carbocycles. The van der Waals surface area contributed by atoms with Crippen LogP contribution in [0.3, 0.4) is 0 Å². The third kappa shape index (κ3) is 2.53. The lowest BCUT2D eigenvalue weighted by Crippen LogP contribution is -2.18. The molecule has 4 rings (SSSR count). The lowest BCUT2D eigenvalue weighted by Gasteiger charge is -2.10. The first kappa shape index (κ1) is 13.8. The second kappa shape index (κ2) is 5.40. The zero-order chi connectivity index (χ0) is 15.8. The second-order valence-electron chi connectivity index (χ2n) is 5.67. The molecule has 0 aliphatic heterocycles. The monoisotopic (exact) mass is 308 g/mol. The van der Waals surface area contributed by atoms with E-state index in [2.05, 4.69) is 20.9 Å². The van der Waals surface area contributed by atoms with Crippen LogP contribution in [0.5, 0.6) is 0 Å². The van der Waals surface area contributed by atoms with Gasteiger partial charge >= 0.3 is 0 Å². The predicted octanol–water partition coefficient (Wildman–Crippen LogP) is 3.23. The minimum absolute atomic E-state index is 0.397. The molecule has 2 aromatic carbocycles. The number of fused-ring (bicyclic) bond motifs is 1. The number of imidazole rings is 1. The Hall–Kier alpha value is -2.86. The molecule has 0 unspecified atom stereocenters. The summed E-state index contributed by atoms with van der Waals surface area (Å²) in [6.07, 6.45) is 2.34. The molecule has 1 amide bonds. The maximum Gasteiger partial charge on any atom is 0.274 e. The number of para-hydroxylation sites is 2. The molecule has 0 bridgehead atoms. The van der Waals surface area contributed by atoms with E-state index >= 15 is 0 Å². The zero-order valence-corrected chi connectivity index (χ0v) is 12.4. The minimum atomic E-state index is -0.526. The van der Waals surface area contributed by atoms with Crippen LogP contribution >= 0.6 is 0 Å². The molecule has 6 nitrogen and oxygen atoms in total. The highest BCUT2D eigenvalue weighted by Gasteiger charge is 2.28. The van der Waals surface area contributed by atoms with Crippen molar-refractivity contribution < 1.29 is 10.0 Å². The summed E-state index contributed by atoms with van der Waals surface area (Å²) >= 11 is 0. The largest absolute Gasteiger partial charge is 0.326 e. The van der Waals surface area contributed by atoms with Gasteiger partial charge in [0.15, 0.2) is 0 Å². The van der Waals surface area contributed by atoms with Gasteiger partial charge in [-0.15, -0.1) is 0 Å². The topological polar surface area (TPSA) is 79.2 Å². The van der Waals surface area contributed by atoms with Crippen molar-refractivity contribution in [2.45, 2.75) is 18.9 Å². The number of nitrogens with one attached hydrogen (secondary N) is 2. The SMILES string of the molecule is O=C(NO)c1ccc(Nc2nc3ccccc3n2C2CC2)cc1. The van der Waals surface area contributed by atoms with Crippen LogP contribution in [0, 0.1) is 0 Å². The van der Waals surface area contributed by atoms with Crippen LogP contribution in [-0.2, 0) is 0 Å². The fourth-order valence-corrected chi connectivity index (χ4v) is 2.73. The van der Waals surface area contributed by atoms with E-state index in [1.54, 1.807) is 29.7 Å². The Kier molecular flexibility index (Phi) is 3.24. The van der Waals surface area contributed by atoms with Crippen molar-refractivity contribution in [2.75, 3.05) is 5.32 Å². The van der Waals surface area contributed by atoms with Crippen molar-refractivity contribution in [2.24, 2.45) is 0 Å². The highest BCUT2D eigenvalue weighted by atomic mass is 16.5. The molecule has 1 aliphatic carbocycles. The van der Waals surface area contributed by atoms with Gasteiger partial charge in [-0.1, -0.05) is 12.1 Å². The molecule has 116 valence electrons. The second-order valence-corrected chi connectivity index (χ2v) is 5.67. The standard InChI is InChI=1S/C17H16N4O2/c22-16(20-23)11-5-7-12(8-6-11)18-17-19-14-3-1-2-4-15(14)21(17)13-9-10-13/h1-8,13,23H,9-10H2,(H,18,19)(H,20,22). The first-order valence-corrected chi connectivity index (χ1v) is 7.55. The number of anilines is 2. The molecule has 6 heteroatoms. The molecule has 0 radical (unpaired) electrons. The van der Waals surface area contributed by atoms with Gasteiger partial charge in [-0.25, -0.2) is 10.5 Å². The summed E-state index contributed by atoms with van der Waals surface area (Å²) in [6.45, 7) is 0. The fourth-order valence-electron chi connectivity index (χ4n) is 2.73. The molecular weight excluding hydrogens is 292 g/mol. The number of nitrogens with zero attached hydrogens (tertiary/aromatic N) is 2. The number of aromatic nitrogens is 2. The average molecular weight is 308 g/mol. The van der Waals surface area contributed by atoms with Gasteiger partial charge < -0.3 is 9.88 Å². The maximum atomic E-state index is 11.4. The lowest BCUT2D eigenvalue weighted by atomic mass is 10.2. The summed E-state index contributed by atoms with van der Waals surface area (Å²) in [6, 6.07) is 15.5. The number of benzene rings is 2. The lowest BCUT2D eigenvalue weighted by molar-refractivity contribution is 0.0706. The molecule has 1 aromatic heterocycles. The molecule has 3 N–H and O–H groups in total. The molecule has 3 aromatic rings. The molecule has 1 heterocycles. The predicted molar refractivity (Wildman–Crippen MR) is 87.0 cm³/mol. The Morgan fingerprint density at radius 2 is 1.87 bits per heavy atom. The summed E-state index contributed by atoms with van der Waals surface area (Å²) in [5.41, 5.74) is 4.97. The highest BCUT2D eigenvalue weighted by molar-refractivity contribution is 5.93. The number of hydrogen-bond donors (Lipinski definition) is 3. The Balaban J connectivity index is 1.67. The van der Waals surface area contributed by atoms with Gasteiger partial charge in [-0.05, 0) is 49.2 Å². The third-order valence-electron chi connectivity index (χ3n) is 4.01. The van der Waals surface area contributed by atoms with Crippen molar-refractivity contribution in [1.29, 1.82) is 0 Å². The Bertz CT molecular complexity index is 866. The number of carbonyl (C=O) groups excluding carboxylic acids is 1. The zero-order valence-electron chi connectivity index (χ0n) is 12.4. The maximum absolute atomic E-state index is 11.4. The van der Waals surface area contributed by atoms with Crippen LogP contribution < -0.4 is 10.8 Å². The minimum Gasteiger partial charge on any atom is -0.326 e. The number of hydroxylamine groups is 1. The number of carbonyl (C=O) groups is 1. The van der Waals surface area contributed by atoms with E-state index < -0.39 is 5.91 Å². The Morgan fingerprint density at radius 1 is 1.13 bits per heavy atom. The van der Waals surface area contributed by atoms with E-state index in [1.165, 1.54) is 12.8 Å². The van der Waals surface area contributed by atoms with Crippen LogP contribution in [0.25, 0.3) is 11.0 Å². The Labute approximate surface area is 132 Å². The van der Waals surface area contributed by atoms with Gasteiger partial charge in [0, 0.05) is 17.3 Å². The molecule has 0 spiro atoms. The van der Waals surface area contributed by atoms with Crippen LogP contribution in [0.15, 0.2) is 48.5 Å². The number of rotatable bonds is 4. The van der Waals surface area contributed by atoms with Crippen LogP contribution in [0.1, 0.15) is 29.2 Å². The molecular formula is C17H16N4O2. The normalized spacial score (nSPS) is 14.0. The van der Waals surface area contributed by atoms with E-state index in [1.807, 2.05) is 18.2 Å². The number of amides is 1. The molecule has 1 fully saturated rings. The van der Waals surface area contributed by atoms with E-state index in [0.29, 0.717) is 11.6 Å². The summed E-state index contributed by atoms with van der Waals surface area (Å²) in [5.74, 6) is 0.287. The summed E-state index contributed by atoms with van der Waals surface area (Å²) in [4.78, 5) is 16.0. The first-order valence-electron chi connectivity index (χ1n) is 7.55. The van der Waals surface area contributed by atoms with Crippen molar-refractivity contribution in [3.63, 3.8) is 0 Å². The molecule has 23 heavy (non-hydrogen) atoms. The van der Waals surface area contributed by atoms with E-state index in [-0.39, 0.29) is 0 Å². The quantitative estimate of drug-likeness (QED) is 0.511. The van der Waals surface area contributed by atoms with Crippen LogP contribution in [0.4, 0.5) is 11.6 Å². The van der Waals surface area contributed by atoms with Crippen molar-refractivity contribution >= 4 is 28.6 Å². The van der Waals surface area contributed by atoms with Crippen molar-refractivity contribution in [1.82, 2.24) is 15.0 Å².